The van der Waals surface area contributed by atoms with Gasteiger partial charge in [0.25, 0.3) is 0 Å². The number of hydrogen-bond donors (Lipinski definition) is 0. The van der Waals surface area contributed by atoms with Crippen LogP contribution in [0.5, 0.6) is 0 Å². The fourth-order valence-corrected chi connectivity index (χ4v) is 3.58. The molecule has 0 unspecified atom stereocenters. The molecule has 3 aliphatic rings. The van der Waals surface area contributed by atoms with Gasteiger partial charge in [-0.15, -0.1) is 0 Å². The van der Waals surface area contributed by atoms with E-state index in [9.17, 15) is 0 Å². The Labute approximate surface area is 83.1 Å². The Hall–Kier alpha value is 0. The van der Waals surface area contributed by atoms with Crippen molar-refractivity contribution in [2.75, 3.05) is 0 Å². The van der Waals surface area contributed by atoms with Crippen LogP contribution >= 0.6 is 0 Å². The molecular formula is C13H24. The molecule has 2 bridgehead atoms. The summed E-state index contributed by atoms with van der Waals surface area (Å²) in [6.45, 7) is 5.06. The highest BCUT2D eigenvalue weighted by atomic mass is 14.4. The van der Waals surface area contributed by atoms with E-state index in [1.165, 1.54) is 57.8 Å². The van der Waals surface area contributed by atoms with Crippen molar-refractivity contribution < 1.29 is 0 Å². The summed E-state index contributed by atoms with van der Waals surface area (Å²) in [5.41, 5.74) is 1.45. The van der Waals surface area contributed by atoms with E-state index in [1.54, 1.807) is 0 Å². The van der Waals surface area contributed by atoms with Crippen LogP contribution in [-0.4, -0.2) is 0 Å². The molecule has 0 amide bonds. The molecule has 76 valence electrons. The molecule has 0 aromatic carbocycles. The Morgan fingerprint density at radius 2 is 0.769 bits per heavy atom. The standard InChI is InChI=1S/C13H24/c1-12-6-3-9-13(2,10-4-7-12)11-5-8-12/h3-11H2,1-2H3. The summed E-state index contributed by atoms with van der Waals surface area (Å²) in [4.78, 5) is 0. The minimum Gasteiger partial charge on any atom is -0.0596 e. The Balaban J connectivity index is 2.12. The molecular weight excluding hydrogens is 156 g/mol. The van der Waals surface area contributed by atoms with Crippen molar-refractivity contribution in [3.63, 3.8) is 0 Å². The van der Waals surface area contributed by atoms with Crippen LogP contribution < -0.4 is 0 Å². The van der Waals surface area contributed by atoms with Crippen molar-refractivity contribution in [1.82, 2.24) is 0 Å². The molecule has 0 aliphatic heterocycles. The van der Waals surface area contributed by atoms with Crippen LogP contribution in [0.4, 0.5) is 0 Å². The van der Waals surface area contributed by atoms with Crippen molar-refractivity contribution in [1.29, 1.82) is 0 Å². The SMILES string of the molecule is CC12CCCC(C)(CCC1)CCC2. The molecule has 13 heavy (non-hydrogen) atoms. The van der Waals surface area contributed by atoms with Gasteiger partial charge in [-0.1, -0.05) is 33.1 Å². The van der Waals surface area contributed by atoms with Crippen LogP contribution in [0.15, 0.2) is 0 Å². The van der Waals surface area contributed by atoms with Gasteiger partial charge in [0.05, 0.1) is 0 Å². The summed E-state index contributed by atoms with van der Waals surface area (Å²) in [6, 6.07) is 0. The molecule has 3 saturated carbocycles. The van der Waals surface area contributed by atoms with Crippen LogP contribution in [0, 0.1) is 10.8 Å². The van der Waals surface area contributed by atoms with E-state index in [0.717, 1.165) is 10.8 Å². The fourth-order valence-electron chi connectivity index (χ4n) is 3.58. The first-order valence-corrected chi connectivity index (χ1v) is 6.12. The fraction of sp³-hybridized carbons (Fsp3) is 1.00. The van der Waals surface area contributed by atoms with Gasteiger partial charge in [0.15, 0.2) is 0 Å². The van der Waals surface area contributed by atoms with Gasteiger partial charge >= 0.3 is 0 Å². The van der Waals surface area contributed by atoms with E-state index in [0.29, 0.717) is 0 Å². The summed E-state index contributed by atoms with van der Waals surface area (Å²) in [7, 11) is 0. The minimum atomic E-state index is 0.724. The van der Waals surface area contributed by atoms with E-state index in [1.807, 2.05) is 0 Å². The summed E-state index contributed by atoms with van der Waals surface area (Å²) in [5.74, 6) is 0. The molecule has 0 atom stereocenters. The van der Waals surface area contributed by atoms with Crippen molar-refractivity contribution >= 4 is 0 Å². The topological polar surface area (TPSA) is 0 Å². The van der Waals surface area contributed by atoms with Gasteiger partial charge in [0.2, 0.25) is 0 Å². The third-order valence-electron chi connectivity index (χ3n) is 4.68. The Morgan fingerprint density at radius 3 is 1.00 bits per heavy atom. The van der Waals surface area contributed by atoms with Gasteiger partial charge < -0.3 is 0 Å². The number of rotatable bonds is 0. The molecule has 3 rings (SSSR count). The molecule has 0 nitrogen and oxygen atoms in total. The second-order valence-electron chi connectivity index (χ2n) is 6.18. The lowest BCUT2D eigenvalue weighted by Crippen LogP contribution is -2.28. The van der Waals surface area contributed by atoms with Gasteiger partial charge in [0, 0.05) is 0 Å². The molecule has 3 fully saturated rings. The molecule has 0 aromatic heterocycles. The van der Waals surface area contributed by atoms with Gasteiger partial charge in [-0.3, -0.25) is 0 Å². The normalized spacial score (nSPS) is 46.6. The molecule has 0 aromatic rings. The molecule has 0 heterocycles. The summed E-state index contributed by atoms with van der Waals surface area (Å²) in [6.07, 6.45) is 13.5. The first-order valence-electron chi connectivity index (χ1n) is 6.12. The average Bonchev–Trinajstić information content (AvgIpc) is 1.98. The second kappa shape index (κ2) is 3.29. The number of hydrogen-bond acceptors (Lipinski definition) is 0. The molecule has 0 saturated heterocycles. The summed E-state index contributed by atoms with van der Waals surface area (Å²) in [5, 5.41) is 0. The summed E-state index contributed by atoms with van der Waals surface area (Å²) < 4.78 is 0. The first-order chi connectivity index (χ1) is 6.12. The van der Waals surface area contributed by atoms with Gasteiger partial charge in [-0.25, -0.2) is 0 Å². The molecule has 0 radical (unpaired) electrons. The first kappa shape index (κ1) is 9.55. The van der Waals surface area contributed by atoms with E-state index < -0.39 is 0 Å². The maximum atomic E-state index is 2.53. The van der Waals surface area contributed by atoms with Gasteiger partial charge in [0.1, 0.15) is 0 Å². The predicted molar refractivity (Wildman–Crippen MR) is 57.8 cm³/mol. The molecule has 0 N–H and O–H groups in total. The maximum absolute atomic E-state index is 2.53. The smallest absolute Gasteiger partial charge is 0.0326 e. The zero-order valence-corrected chi connectivity index (χ0v) is 9.36. The van der Waals surface area contributed by atoms with E-state index in [2.05, 4.69) is 13.8 Å². The zero-order chi connectivity index (χ0) is 9.36. The minimum absolute atomic E-state index is 0.724. The van der Waals surface area contributed by atoms with E-state index in [-0.39, 0.29) is 0 Å². The van der Waals surface area contributed by atoms with Crippen molar-refractivity contribution in [2.24, 2.45) is 10.8 Å². The van der Waals surface area contributed by atoms with Crippen LogP contribution in [0.1, 0.15) is 71.6 Å². The monoisotopic (exact) mass is 180 g/mol. The maximum Gasteiger partial charge on any atom is -0.0326 e. The lowest BCUT2D eigenvalue weighted by molar-refractivity contribution is 0.104. The third-order valence-corrected chi connectivity index (χ3v) is 4.68. The lowest BCUT2D eigenvalue weighted by Gasteiger charge is -2.42. The van der Waals surface area contributed by atoms with Gasteiger partial charge in [-0.2, -0.15) is 0 Å². The quantitative estimate of drug-likeness (QED) is 0.513. The van der Waals surface area contributed by atoms with Crippen LogP contribution in [-0.2, 0) is 0 Å². The van der Waals surface area contributed by atoms with Crippen LogP contribution in [0.3, 0.4) is 0 Å². The largest absolute Gasteiger partial charge is 0.0596 e. The van der Waals surface area contributed by atoms with Crippen LogP contribution in [0.2, 0.25) is 0 Å². The molecule has 3 aliphatic carbocycles. The van der Waals surface area contributed by atoms with Crippen LogP contribution in [0.25, 0.3) is 0 Å². The Morgan fingerprint density at radius 1 is 0.538 bits per heavy atom. The highest BCUT2D eigenvalue weighted by molar-refractivity contribution is 4.86. The van der Waals surface area contributed by atoms with Crippen molar-refractivity contribution in [3.05, 3.63) is 0 Å². The highest BCUT2D eigenvalue weighted by Crippen LogP contribution is 2.48. The molecule has 0 spiro atoms. The predicted octanol–water partition coefficient (Wildman–Crippen LogP) is 4.54. The van der Waals surface area contributed by atoms with E-state index >= 15 is 0 Å². The van der Waals surface area contributed by atoms with E-state index in [4.69, 9.17) is 0 Å². The van der Waals surface area contributed by atoms with Gasteiger partial charge in [-0.05, 0) is 49.4 Å². The summed E-state index contributed by atoms with van der Waals surface area (Å²) >= 11 is 0. The highest BCUT2D eigenvalue weighted by Gasteiger charge is 2.34. The second-order valence-corrected chi connectivity index (χ2v) is 6.18. The van der Waals surface area contributed by atoms with Crippen molar-refractivity contribution in [2.45, 2.75) is 71.6 Å². The van der Waals surface area contributed by atoms with Crippen molar-refractivity contribution in [3.8, 4) is 0 Å². The average molecular weight is 180 g/mol. The zero-order valence-electron chi connectivity index (χ0n) is 9.36. The third kappa shape index (κ3) is 2.08. The Kier molecular flexibility index (Phi) is 2.42. The molecule has 0 heteroatoms. The Bertz CT molecular complexity index is 133. The lowest BCUT2D eigenvalue weighted by atomic mass is 9.64. The number of fused-ring (bicyclic) bond motifs is 6.